The third-order valence-corrected chi connectivity index (χ3v) is 3.22. The van der Waals surface area contributed by atoms with Crippen molar-refractivity contribution in [2.45, 2.75) is 32.1 Å². The molecule has 17 heavy (non-hydrogen) atoms. The number of allylic oxidation sites excluding steroid dienone is 1. The zero-order valence-corrected chi connectivity index (χ0v) is 9.80. The van der Waals surface area contributed by atoms with Gasteiger partial charge < -0.3 is 5.11 Å². The largest absolute Gasteiger partial charge is 0.478 e. The molecule has 0 atom stereocenters. The van der Waals surface area contributed by atoms with Crippen LogP contribution in [0.1, 0.15) is 48.2 Å². The van der Waals surface area contributed by atoms with Crippen LogP contribution in [0.3, 0.4) is 0 Å². The summed E-state index contributed by atoms with van der Waals surface area (Å²) in [5.74, 6) is -0.259. The molecule has 1 aliphatic rings. The molecular formula is C14H17NO2. The second kappa shape index (κ2) is 5.62. The van der Waals surface area contributed by atoms with E-state index in [1.807, 2.05) is 6.08 Å². The van der Waals surface area contributed by atoms with Gasteiger partial charge in [0, 0.05) is 6.20 Å². The molecule has 0 bridgehead atoms. The van der Waals surface area contributed by atoms with E-state index < -0.39 is 5.97 Å². The summed E-state index contributed by atoms with van der Waals surface area (Å²) in [5.41, 5.74) is 1.07. The van der Waals surface area contributed by atoms with Gasteiger partial charge in [-0.1, -0.05) is 25.3 Å². The molecule has 1 N–H and O–H groups in total. The lowest BCUT2D eigenvalue weighted by Crippen LogP contribution is -2.02. The molecule has 3 nitrogen and oxygen atoms in total. The zero-order valence-electron chi connectivity index (χ0n) is 9.80. The first-order valence-electron chi connectivity index (χ1n) is 6.13. The number of carbonyl (C=O) groups is 1. The molecule has 1 aromatic rings. The Balaban J connectivity index is 1.98. The quantitative estimate of drug-likeness (QED) is 0.867. The summed E-state index contributed by atoms with van der Waals surface area (Å²) in [6, 6.07) is 3.35. The fourth-order valence-electron chi connectivity index (χ4n) is 2.19. The van der Waals surface area contributed by atoms with Crippen molar-refractivity contribution < 1.29 is 9.90 Å². The van der Waals surface area contributed by atoms with Crippen LogP contribution in [0.4, 0.5) is 0 Å². The summed E-state index contributed by atoms with van der Waals surface area (Å²) >= 11 is 0. The lowest BCUT2D eigenvalue weighted by molar-refractivity contribution is 0.0696. The highest BCUT2D eigenvalue weighted by atomic mass is 16.4. The number of aromatic nitrogens is 1. The highest BCUT2D eigenvalue weighted by molar-refractivity contribution is 5.87. The summed E-state index contributed by atoms with van der Waals surface area (Å²) < 4.78 is 0. The predicted octanol–water partition coefficient (Wildman–Crippen LogP) is 3.37. The Labute approximate surface area is 101 Å². The van der Waals surface area contributed by atoms with Gasteiger partial charge in [-0.25, -0.2) is 4.79 Å². The van der Waals surface area contributed by atoms with E-state index in [-0.39, 0.29) is 5.56 Å². The van der Waals surface area contributed by atoms with Crippen molar-refractivity contribution in [3.05, 3.63) is 35.7 Å². The second-order valence-corrected chi connectivity index (χ2v) is 4.53. The first kappa shape index (κ1) is 11.8. The number of hydrogen-bond donors (Lipinski definition) is 1. The maximum atomic E-state index is 10.7. The highest BCUT2D eigenvalue weighted by Crippen LogP contribution is 2.25. The fourth-order valence-corrected chi connectivity index (χ4v) is 2.19. The zero-order chi connectivity index (χ0) is 12.1. The van der Waals surface area contributed by atoms with Crippen LogP contribution in [-0.4, -0.2) is 16.1 Å². The van der Waals surface area contributed by atoms with Gasteiger partial charge in [-0.15, -0.1) is 0 Å². The molecule has 1 fully saturated rings. The van der Waals surface area contributed by atoms with E-state index in [9.17, 15) is 4.79 Å². The van der Waals surface area contributed by atoms with Gasteiger partial charge in [-0.2, -0.15) is 0 Å². The minimum Gasteiger partial charge on any atom is -0.478 e. The van der Waals surface area contributed by atoms with Gasteiger partial charge in [-0.05, 0) is 37.0 Å². The van der Waals surface area contributed by atoms with Crippen LogP contribution in [0.15, 0.2) is 24.4 Å². The van der Waals surface area contributed by atoms with Gasteiger partial charge in [0.2, 0.25) is 0 Å². The molecule has 1 aliphatic carbocycles. The van der Waals surface area contributed by atoms with Gasteiger partial charge in [0.05, 0.1) is 11.3 Å². The fraction of sp³-hybridized carbons (Fsp3) is 0.429. The van der Waals surface area contributed by atoms with Gasteiger partial charge >= 0.3 is 5.97 Å². The molecule has 90 valence electrons. The summed E-state index contributed by atoms with van der Waals surface area (Å²) in [7, 11) is 0. The molecule has 0 aromatic carbocycles. The van der Waals surface area contributed by atoms with Crippen molar-refractivity contribution >= 4 is 12.0 Å². The van der Waals surface area contributed by atoms with Gasteiger partial charge in [0.1, 0.15) is 0 Å². The molecule has 0 unspecified atom stereocenters. The van der Waals surface area contributed by atoms with Crippen LogP contribution >= 0.6 is 0 Å². The molecule has 0 spiro atoms. The number of carboxylic acids is 1. The van der Waals surface area contributed by atoms with Crippen LogP contribution in [0.25, 0.3) is 6.08 Å². The molecule has 1 heterocycles. The Hall–Kier alpha value is -1.64. The van der Waals surface area contributed by atoms with E-state index >= 15 is 0 Å². The van der Waals surface area contributed by atoms with Crippen molar-refractivity contribution in [3.8, 4) is 0 Å². The smallest absolute Gasteiger partial charge is 0.337 e. The average Bonchev–Trinajstić information content (AvgIpc) is 2.38. The number of rotatable bonds is 3. The Morgan fingerprint density at radius 3 is 2.65 bits per heavy atom. The third-order valence-electron chi connectivity index (χ3n) is 3.22. The summed E-state index contributed by atoms with van der Waals surface area (Å²) in [4.78, 5) is 14.8. The van der Waals surface area contributed by atoms with Crippen LogP contribution in [0, 0.1) is 5.92 Å². The van der Waals surface area contributed by atoms with Crippen molar-refractivity contribution in [1.82, 2.24) is 4.98 Å². The molecule has 1 saturated carbocycles. The number of pyridine rings is 1. The van der Waals surface area contributed by atoms with E-state index in [1.54, 1.807) is 12.1 Å². The van der Waals surface area contributed by atoms with E-state index in [4.69, 9.17) is 5.11 Å². The van der Waals surface area contributed by atoms with Crippen LogP contribution in [0.2, 0.25) is 0 Å². The van der Waals surface area contributed by atoms with Crippen molar-refractivity contribution in [2.24, 2.45) is 5.92 Å². The van der Waals surface area contributed by atoms with E-state index in [1.165, 1.54) is 38.3 Å². The number of carboxylic acid groups (broad SMARTS) is 1. The van der Waals surface area contributed by atoms with Crippen LogP contribution in [0.5, 0.6) is 0 Å². The molecular weight excluding hydrogens is 214 g/mol. The normalized spacial score (nSPS) is 17.4. The van der Waals surface area contributed by atoms with Crippen molar-refractivity contribution in [1.29, 1.82) is 0 Å². The lowest BCUT2D eigenvalue weighted by atomic mass is 9.89. The SMILES string of the molecule is O=C(O)c1ccc(C=CC2CCCCC2)nc1. The molecule has 0 saturated heterocycles. The average molecular weight is 231 g/mol. The Bertz CT molecular complexity index is 403. The molecule has 1 aromatic heterocycles. The third kappa shape index (κ3) is 3.41. The molecule has 3 heteroatoms. The minimum atomic E-state index is -0.930. The van der Waals surface area contributed by atoms with Crippen molar-refractivity contribution in [3.63, 3.8) is 0 Å². The molecule has 0 aliphatic heterocycles. The molecule has 0 radical (unpaired) electrons. The Morgan fingerprint density at radius 1 is 1.29 bits per heavy atom. The maximum absolute atomic E-state index is 10.7. The number of aromatic carboxylic acids is 1. The maximum Gasteiger partial charge on any atom is 0.337 e. The topological polar surface area (TPSA) is 50.2 Å². The number of nitrogens with zero attached hydrogens (tertiary/aromatic N) is 1. The summed E-state index contributed by atoms with van der Waals surface area (Å²) in [6.45, 7) is 0. The van der Waals surface area contributed by atoms with Gasteiger partial charge in [0.15, 0.2) is 0 Å². The monoisotopic (exact) mass is 231 g/mol. The lowest BCUT2D eigenvalue weighted by Gasteiger charge is -2.17. The standard InChI is InChI=1S/C14H17NO2/c16-14(17)12-7-9-13(15-10-12)8-6-11-4-2-1-3-5-11/h6-11H,1-5H2,(H,16,17). The first-order chi connectivity index (χ1) is 8.25. The van der Waals surface area contributed by atoms with E-state index in [2.05, 4.69) is 11.1 Å². The minimum absolute atomic E-state index is 0.236. The number of hydrogen-bond acceptors (Lipinski definition) is 2. The van der Waals surface area contributed by atoms with E-state index in [0.29, 0.717) is 5.92 Å². The van der Waals surface area contributed by atoms with Gasteiger partial charge in [0.25, 0.3) is 0 Å². The predicted molar refractivity (Wildman–Crippen MR) is 66.8 cm³/mol. The molecule has 0 amide bonds. The first-order valence-corrected chi connectivity index (χ1v) is 6.13. The van der Waals surface area contributed by atoms with Crippen molar-refractivity contribution in [2.75, 3.05) is 0 Å². The van der Waals surface area contributed by atoms with E-state index in [0.717, 1.165) is 5.69 Å². The summed E-state index contributed by atoms with van der Waals surface area (Å²) in [5, 5.41) is 8.75. The van der Waals surface area contributed by atoms with Gasteiger partial charge in [-0.3, -0.25) is 4.98 Å². The Morgan fingerprint density at radius 2 is 2.06 bits per heavy atom. The Kier molecular flexibility index (Phi) is 3.91. The summed E-state index contributed by atoms with van der Waals surface area (Å²) in [6.07, 6.45) is 12.1. The molecule has 2 rings (SSSR count). The van der Waals surface area contributed by atoms with Crippen LogP contribution in [-0.2, 0) is 0 Å². The van der Waals surface area contributed by atoms with Crippen LogP contribution < -0.4 is 0 Å². The highest BCUT2D eigenvalue weighted by Gasteiger charge is 2.09. The second-order valence-electron chi connectivity index (χ2n) is 4.53.